The van der Waals surface area contributed by atoms with Gasteiger partial charge in [-0.15, -0.1) is 0 Å². The van der Waals surface area contributed by atoms with E-state index in [1.807, 2.05) is 10.8 Å². The second-order valence-electron chi connectivity index (χ2n) is 0.772. The third-order valence-electron chi connectivity index (χ3n) is 0.247. The van der Waals surface area contributed by atoms with Gasteiger partial charge in [-0.05, 0) is 0 Å². The van der Waals surface area contributed by atoms with E-state index in [1.165, 1.54) is 16.5 Å². The third-order valence-corrected chi connectivity index (χ3v) is 12.7. The molecule has 0 aromatic heterocycles. The van der Waals surface area contributed by atoms with E-state index in [0.717, 1.165) is 0 Å². The first-order valence-corrected chi connectivity index (χ1v) is 19.4. The van der Waals surface area contributed by atoms with Crippen molar-refractivity contribution in [3.63, 3.8) is 0 Å². The predicted octanol–water partition coefficient (Wildman–Crippen LogP) is 0.597. The molecule has 0 rings (SSSR count). The van der Waals surface area contributed by atoms with E-state index >= 15 is 0 Å². The predicted molar refractivity (Wildman–Crippen MR) is 49.1 cm³/mol. The summed E-state index contributed by atoms with van der Waals surface area (Å²) in [6.07, 6.45) is 0. The SMILES string of the molecule is N#C[S][Hg][S]C#N.N#C[Se].N#C[Se].[Ni]. The molecule has 10 heteroatoms. The number of rotatable bonds is 2. The first-order chi connectivity index (χ1) is 6.24. The fourth-order valence-electron chi connectivity index (χ4n) is 0.0822. The number of hydrogen-bond acceptors (Lipinski definition) is 6. The minimum Gasteiger partial charge on any atom is 0 e. The van der Waals surface area contributed by atoms with E-state index in [0.29, 0.717) is 0 Å². The van der Waals surface area contributed by atoms with Crippen LogP contribution in [0.4, 0.5) is 0 Å². The van der Waals surface area contributed by atoms with Crippen LogP contribution in [-0.4, -0.2) is 32.0 Å². The van der Waals surface area contributed by atoms with Gasteiger partial charge in [0.15, 0.2) is 0 Å². The Balaban J connectivity index is -0.0000000610. The number of hydrogen-bond donors (Lipinski definition) is 0. The monoisotopic (exact) mass is 588 g/mol. The maximum absolute atomic E-state index is 7.94. The van der Waals surface area contributed by atoms with Crippen molar-refractivity contribution in [2.24, 2.45) is 0 Å². The van der Waals surface area contributed by atoms with Gasteiger partial charge in [-0.25, -0.2) is 0 Å². The van der Waals surface area contributed by atoms with Gasteiger partial charge in [0, 0.05) is 16.5 Å². The number of thiocyanates is 2. The second kappa shape index (κ2) is 36.9. The van der Waals surface area contributed by atoms with Crippen molar-refractivity contribution in [2.45, 2.75) is 0 Å². The molecule has 72 valence electrons. The molecule has 0 aliphatic heterocycles. The fraction of sp³-hybridized carbons (Fsp3) is 0. The van der Waals surface area contributed by atoms with Gasteiger partial charge in [0.2, 0.25) is 0 Å². The van der Waals surface area contributed by atoms with Crippen LogP contribution in [0.5, 0.6) is 0 Å². The van der Waals surface area contributed by atoms with Crippen LogP contribution < -0.4 is 0 Å². The topological polar surface area (TPSA) is 95.2 Å². The Kier molecular flexibility index (Phi) is 64.2. The summed E-state index contributed by atoms with van der Waals surface area (Å²) in [5, 5.41) is 34.3. The van der Waals surface area contributed by atoms with Crippen molar-refractivity contribution < 1.29 is 38.0 Å². The van der Waals surface area contributed by atoms with E-state index in [1.54, 1.807) is 9.94 Å². The van der Waals surface area contributed by atoms with Crippen LogP contribution in [0.3, 0.4) is 0 Å². The molecular formula is C4HgN4NiS2Se2. The fourth-order valence-corrected chi connectivity index (χ4v) is 6.49. The molecule has 0 unspecified atom stereocenters. The average molecular weight is 585 g/mol. The van der Waals surface area contributed by atoms with Crippen LogP contribution >= 0.6 is 16.5 Å². The molecule has 0 aromatic rings. The summed E-state index contributed by atoms with van der Waals surface area (Å²) in [7, 11) is 2.60. The Morgan fingerprint density at radius 2 is 1.07 bits per heavy atom. The Labute approximate surface area is 126 Å². The molecule has 0 aliphatic carbocycles. The first kappa shape index (κ1) is 24.4. The summed E-state index contributed by atoms with van der Waals surface area (Å²) in [5.41, 5.74) is 0. The van der Waals surface area contributed by atoms with Gasteiger partial charge < -0.3 is 0 Å². The van der Waals surface area contributed by atoms with E-state index in [4.69, 9.17) is 21.0 Å². The number of nitriles is 4. The smallest absolute Gasteiger partial charge is 0 e. The molecule has 0 amide bonds. The Morgan fingerprint density at radius 3 is 1.21 bits per heavy atom. The van der Waals surface area contributed by atoms with Crippen LogP contribution in [0.25, 0.3) is 0 Å². The zero-order valence-corrected chi connectivity index (χ0v) is 18.0. The molecule has 0 atom stereocenters. The minimum atomic E-state index is -1.09. The Bertz CT molecular complexity index is 226. The standard InChI is InChI=1S/2CHNS.2CNSe.Hg.Ni/c4*2-1-3;;/h2*3H;;;;/q;;;;+2;/p-2. The Hall–Kier alpha value is 1.13. The molecule has 0 fully saturated rings. The van der Waals surface area contributed by atoms with Crippen LogP contribution in [0.1, 0.15) is 0 Å². The summed E-state index contributed by atoms with van der Waals surface area (Å²) < 4.78 is 0. The van der Waals surface area contributed by atoms with Crippen molar-refractivity contribution in [2.75, 3.05) is 0 Å². The molecular weight excluding hydrogens is 585 g/mol. The number of nitrogens with zero attached hydrogens (tertiary/aromatic N) is 4. The summed E-state index contributed by atoms with van der Waals surface area (Å²) in [5.74, 6) is 0. The van der Waals surface area contributed by atoms with Gasteiger partial charge in [0.05, 0.1) is 0 Å². The van der Waals surface area contributed by atoms with E-state index in [-0.39, 0.29) is 16.5 Å². The van der Waals surface area contributed by atoms with Crippen molar-refractivity contribution in [1.82, 2.24) is 0 Å². The molecule has 0 N–H and O–H groups in total. The molecule has 0 bridgehead atoms. The van der Waals surface area contributed by atoms with Gasteiger partial charge in [0.1, 0.15) is 0 Å². The van der Waals surface area contributed by atoms with Crippen LogP contribution in [0, 0.1) is 41.8 Å². The van der Waals surface area contributed by atoms with Crippen LogP contribution in [0.15, 0.2) is 0 Å². The first-order valence-electron chi connectivity index (χ1n) is 2.29. The molecule has 0 saturated heterocycles. The van der Waals surface area contributed by atoms with Gasteiger partial charge in [-0.3, -0.25) is 0 Å². The van der Waals surface area contributed by atoms with Crippen molar-refractivity contribution in [3.8, 4) is 20.7 Å². The average Bonchev–Trinajstić information content (AvgIpc) is 2.08. The van der Waals surface area contributed by atoms with Gasteiger partial charge in [-0.1, -0.05) is 0 Å². The van der Waals surface area contributed by atoms with Crippen LogP contribution in [-0.2, 0) is 38.0 Å². The largest absolute Gasteiger partial charge is 0 e. The van der Waals surface area contributed by atoms with Gasteiger partial charge >= 0.3 is 112 Å². The molecule has 0 spiro atoms. The summed E-state index contributed by atoms with van der Waals surface area (Å²) in [6.45, 7) is 0. The normalized spacial score (nSPS) is 3.71. The zero-order valence-electron chi connectivity index (χ0n) is 6.45. The molecule has 2 radical (unpaired) electrons. The maximum atomic E-state index is 7.94. The third kappa shape index (κ3) is 73.4. The molecule has 14 heavy (non-hydrogen) atoms. The Morgan fingerprint density at radius 1 is 0.857 bits per heavy atom. The summed E-state index contributed by atoms with van der Waals surface area (Å²) in [4.78, 5) is 3.25. The van der Waals surface area contributed by atoms with Crippen molar-refractivity contribution in [3.05, 3.63) is 0 Å². The van der Waals surface area contributed by atoms with Crippen LogP contribution in [0.2, 0.25) is 0 Å². The van der Waals surface area contributed by atoms with E-state index in [9.17, 15) is 0 Å². The van der Waals surface area contributed by atoms with Crippen molar-refractivity contribution in [1.29, 1.82) is 21.0 Å². The van der Waals surface area contributed by atoms with Gasteiger partial charge in [0.25, 0.3) is 0 Å². The van der Waals surface area contributed by atoms with E-state index in [2.05, 4.69) is 32.0 Å². The second-order valence-corrected chi connectivity index (χ2v) is 18.4. The van der Waals surface area contributed by atoms with Crippen molar-refractivity contribution >= 4 is 48.5 Å². The van der Waals surface area contributed by atoms with Gasteiger partial charge in [-0.2, -0.15) is 0 Å². The minimum absolute atomic E-state index is 0. The molecule has 0 saturated carbocycles. The zero-order chi connectivity index (χ0) is 10.9. The molecule has 0 heterocycles. The summed E-state index contributed by atoms with van der Waals surface area (Å²) >= 11 is 3.13. The maximum Gasteiger partial charge on any atom is 0 e. The quantitative estimate of drug-likeness (QED) is 0.268. The molecule has 0 aliphatic rings. The summed E-state index contributed by atoms with van der Waals surface area (Å²) in [6, 6.07) is 0. The molecule has 0 aromatic carbocycles. The molecule has 4 nitrogen and oxygen atoms in total. The van der Waals surface area contributed by atoms with E-state index < -0.39 is 21.5 Å².